The third kappa shape index (κ3) is 5.44. The Balaban J connectivity index is 1.55. The number of nitrogens with zero attached hydrogens (tertiary/aromatic N) is 2. The number of piperazine rings is 1. The van der Waals surface area contributed by atoms with E-state index in [1.807, 2.05) is 37.3 Å². The van der Waals surface area contributed by atoms with Crippen LogP contribution >= 0.6 is 0 Å². The molecule has 0 bridgehead atoms. The number of nitrogens with one attached hydrogen (secondary N) is 1. The van der Waals surface area contributed by atoms with Gasteiger partial charge >= 0.3 is 0 Å². The molecule has 156 valence electrons. The average molecular weight is 417 g/mol. The molecule has 1 atom stereocenters. The van der Waals surface area contributed by atoms with Gasteiger partial charge in [-0.25, -0.2) is 8.42 Å². The summed E-state index contributed by atoms with van der Waals surface area (Å²) >= 11 is 0. The maximum absolute atomic E-state index is 12.8. The topological polar surface area (TPSA) is 62.1 Å². The number of aryl methyl sites for hydroxylation is 1. The van der Waals surface area contributed by atoms with Gasteiger partial charge in [-0.05, 0) is 26.0 Å². The molecule has 7 heteroatoms. The Hall–Kier alpha value is -2.22. The molecule has 1 aliphatic rings. The SMILES string of the molecule is CC[NH+](CC(=O)N1CCN(S(=O)(=O)c2ccc(C)cc2)CC1)Cc1ccccc1. The predicted molar refractivity (Wildman–Crippen MR) is 113 cm³/mol. The molecule has 0 aliphatic carbocycles. The van der Waals surface area contributed by atoms with Crippen molar-refractivity contribution in [1.29, 1.82) is 0 Å². The van der Waals surface area contributed by atoms with Gasteiger partial charge in [0.15, 0.2) is 6.54 Å². The van der Waals surface area contributed by atoms with Crippen molar-refractivity contribution in [3.63, 3.8) is 0 Å². The van der Waals surface area contributed by atoms with Gasteiger partial charge in [-0.3, -0.25) is 4.79 Å². The molecule has 1 heterocycles. The fourth-order valence-corrected chi connectivity index (χ4v) is 4.98. The second kappa shape index (κ2) is 9.52. The monoisotopic (exact) mass is 416 g/mol. The van der Waals surface area contributed by atoms with Gasteiger partial charge in [0.25, 0.3) is 5.91 Å². The molecule has 0 saturated carbocycles. The van der Waals surface area contributed by atoms with Gasteiger partial charge < -0.3 is 9.80 Å². The van der Waals surface area contributed by atoms with Crippen molar-refractivity contribution in [1.82, 2.24) is 9.21 Å². The maximum Gasteiger partial charge on any atom is 0.277 e. The van der Waals surface area contributed by atoms with Crippen LogP contribution in [0.25, 0.3) is 0 Å². The molecule has 0 aromatic heterocycles. The number of likely N-dealkylation sites (N-methyl/N-ethyl adjacent to an activating group) is 1. The molecular weight excluding hydrogens is 386 g/mol. The highest BCUT2D eigenvalue weighted by atomic mass is 32.2. The van der Waals surface area contributed by atoms with Gasteiger partial charge in [-0.15, -0.1) is 0 Å². The number of rotatable bonds is 7. The normalized spacial score (nSPS) is 16.6. The Bertz CT molecular complexity index is 906. The van der Waals surface area contributed by atoms with Crippen molar-refractivity contribution in [2.75, 3.05) is 39.3 Å². The molecule has 2 aromatic carbocycles. The third-order valence-corrected chi connectivity index (χ3v) is 7.36. The number of benzene rings is 2. The number of hydrogen-bond donors (Lipinski definition) is 1. The van der Waals surface area contributed by atoms with Crippen molar-refractivity contribution in [2.24, 2.45) is 0 Å². The first-order chi connectivity index (χ1) is 13.9. The van der Waals surface area contributed by atoms with Crippen LogP contribution in [0.5, 0.6) is 0 Å². The number of amides is 1. The summed E-state index contributed by atoms with van der Waals surface area (Å²) in [5.41, 5.74) is 2.24. The van der Waals surface area contributed by atoms with Crippen LogP contribution in [0.2, 0.25) is 0 Å². The number of carbonyl (C=O) groups is 1. The number of carbonyl (C=O) groups excluding carboxylic acids is 1. The van der Waals surface area contributed by atoms with Crippen LogP contribution in [-0.4, -0.2) is 62.8 Å². The van der Waals surface area contributed by atoms with E-state index >= 15 is 0 Å². The second-order valence-corrected chi connectivity index (χ2v) is 9.48. The summed E-state index contributed by atoms with van der Waals surface area (Å²) in [7, 11) is -3.51. The first kappa shape index (κ1) is 21.5. The predicted octanol–water partition coefficient (Wildman–Crippen LogP) is 0.933. The van der Waals surface area contributed by atoms with Crippen LogP contribution in [0.15, 0.2) is 59.5 Å². The fourth-order valence-electron chi connectivity index (χ4n) is 3.56. The lowest BCUT2D eigenvalue weighted by Crippen LogP contribution is -3.11. The molecule has 0 spiro atoms. The quantitative estimate of drug-likeness (QED) is 0.731. The fraction of sp³-hybridized carbons (Fsp3) is 0.409. The van der Waals surface area contributed by atoms with Crippen molar-refractivity contribution < 1.29 is 18.1 Å². The van der Waals surface area contributed by atoms with E-state index in [1.54, 1.807) is 17.0 Å². The van der Waals surface area contributed by atoms with E-state index in [1.165, 1.54) is 14.8 Å². The summed E-state index contributed by atoms with van der Waals surface area (Å²) < 4.78 is 27.1. The Morgan fingerprint density at radius 1 is 0.966 bits per heavy atom. The van der Waals surface area contributed by atoms with E-state index < -0.39 is 10.0 Å². The van der Waals surface area contributed by atoms with Crippen LogP contribution in [0.4, 0.5) is 0 Å². The minimum absolute atomic E-state index is 0.0881. The first-order valence-corrected chi connectivity index (χ1v) is 11.6. The second-order valence-electron chi connectivity index (χ2n) is 7.54. The summed E-state index contributed by atoms with van der Waals surface area (Å²) in [6, 6.07) is 17.1. The standard InChI is InChI=1S/C22H29N3O3S/c1-3-23(17-20-7-5-4-6-8-20)18-22(26)24-13-15-25(16-14-24)29(27,28)21-11-9-19(2)10-12-21/h4-12H,3,13-18H2,1-2H3/p+1. The van der Waals surface area contributed by atoms with Crippen molar-refractivity contribution in [3.8, 4) is 0 Å². The lowest BCUT2D eigenvalue weighted by Gasteiger charge is -2.34. The van der Waals surface area contributed by atoms with Gasteiger partial charge in [0.1, 0.15) is 6.54 Å². The van der Waals surface area contributed by atoms with Gasteiger partial charge in [0, 0.05) is 31.7 Å². The molecule has 2 aromatic rings. The summed E-state index contributed by atoms with van der Waals surface area (Å²) in [6.45, 7) is 7.66. The van der Waals surface area contributed by atoms with E-state index in [-0.39, 0.29) is 5.91 Å². The molecule has 6 nitrogen and oxygen atoms in total. The smallest absolute Gasteiger partial charge is 0.277 e. The molecule has 1 fully saturated rings. The van der Waals surface area contributed by atoms with Crippen LogP contribution in [-0.2, 0) is 21.4 Å². The van der Waals surface area contributed by atoms with E-state index in [0.29, 0.717) is 37.6 Å². The lowest BCUT2D eigenvalue weighted by molar-refractivity contribution is -0.904. The van der Waals surface area contributed by atoms with E-state index in [2.05, 4.69) is 19.1 Å². The Morgan fingerprint density at radius 3 is 2.17 bits per heavy atom. The third-order valence-electron chi connectivity index (χ3n) is 5.45. The zero-order valence-electron chi connectivity index (χ0n) is 17.2. The molecule has 1 aliphatic heterocycles. The number of hydrogen-bond acceptors (Lipinski definition) is 3. The van der Waals surface area contributed by atoms with Crippen LogP contribution in [0.3, 0.4) is 0 Å². The molecule has 1 N–H and O–H groups in total. The molecular formula is C22H30N3O3S+. The molecule has 1 amide bonds. The minimum atomic E-state index is -3.51. The molecule has 0 radical (unpaired) electrons. The van der Waals surface area contributed by atoms with Gasteiger partial charge in [0.05, 0.1) is 11.4 Å². The van der Waals surface area contributed by atoms with E-state index in [0.717, 1.165) is 18.7 Å². The highest BCUT2D eigenvalue weighted by Gasteiger charge is 2.31. The largest absolute Gasteiger partial charge is 0.335 e. The summed E-state index contributed by atoms with van der Waals surface area (Å²) in [6.07, 6.45) is 0. The Kier molecular flexibility index (Phi) is 7.05. The highest BCUT2D eigenvalue weighted by molar-refractivity contribution is 7.89. The zero-order valence-corrected chi connectivity index (χ0v) is 18.0. The van der Waals surface area contributed by atoms with Gasteiger partial charge in [-0.2, -0.15) is 4.31 Å². The van der Waals surface area contributed by atoms with Gasteiger partial charge in [-0.1, -0.05) is 48.0 Å². The zero-order chi connectivity index (χ0) is 20.9. The molecule has 3 rings (SSSR count). The maximum atomic E-state index is 12.8. The van der Waals surface area contributed by atoms with Crippen LogP contribution < -0.4 is 4.90 Å². The number of quaternary nitrogens is 1. The van der Waals surface area contributed by atoms with Gasteiger partial charge in [0.2, 0.25) is 10.0 Å². The number of sulfonamides is 1. The van der Waals surface area contributed by atoms with Crippen molar-refractivity contribution in [2.45, 2.75) is 25.3 Å². The molecule has 1 saturated heterocycles. The summed E-state index contributed by atoms with van der Waals surface area (Å²) in [4.78, 5) is 16.1. The first-order valence-electron chi connectivity index (χ1n) is 10.1. The van der Waals surface area contributed by atoms with Crippen LogP contribution in [0.1, 0.15) is 18.1 Å². The molecule has 1 unspecified atom stereocenters. The lowest BCUT2D eigenvalue weighted by atomic mass is 10.2. The van der Waals surface area contributed by atoms with E-state index in [9.17, 15) is 13.2 Å². The Labute approximate surface area is 173 Å². The minimum Gasteiger partial charge on any atom is -0.335 e. The van der Waals surface area contributed by atoms with Crippen LogP contribution in [0, 0.1) is 6.92 Å². The van der Waals surface area contributed by atoms with E-state index in [4.69, 9.17) is 0 Å². The van der Waals surface area contributed by atoms with Crippen molar-refractivity contribution in [3.05, 3.63) is 65.7 Å². The summed E-state index contributed by atoms with van der Waals surface area (Å²) in [5.74, 6) is 0.0881. The average Bonchev–Trinajstić information content (AvgIpc) is 2.74. The molecule has 29 heavy (non-hydrogen) atoms. The summed E-state index contributed by atoms with van der Waals surface area (Å²) in [5, 5.41) is 0. The highest BCUT2D eigenvalue weighted by Crippen LogP contribution is 2.18. The van der Waals surface area contributed by atoms with Crippen molar-refractivity contribution >= 4 is 15.9 Å². The Morgan fingerprint density at radius 2 is 1.59 bits per heavy atom.